The predicted molar refractivity (Wildman–Crippen MR) is 78.7 cm³/mol. The van der Waals surface area contributed by atoms with Gasteiger partial charge in [-0.15, -0.1) is 12.4 Å². The van der Waals surface area contributed by atoms with Crippen LogP contribution in [0.25, 0.3) is 0 Å². The summed E-state index contributed by atoms with van der Waals surface area (Å²) in [5, 5.41) is 6.43. The van der Waals surface area contributed by atoms with E-state index in [1.165, 1.54) is 0 Å². The number of aromatic nitrogens is 1. The molecule has 1 aromatic heterocycles. The summed E-state index contributed by atoms with van der Waals surface area (Å²) in [5.41, 5.74) is 0.649. The van der Waals surface area contributed by atoms with E-state index in [0.717, 1.165) is 23.0 Å². The van der Waals surface area contributed by atoms with E-state index in [2.05, 4.69) is 45.1 Å². The minimum atomic E-state index is 0. The first-order valence-electron chi connectivity index (χ1n) is 5.53. The van der Waals surface area contributed by atoms with E-state index in [1.807, 2.05) is 12.3 Å². The van der Waals surface area contributed by atoms with Crippen LogP contribution in [0.5, 0.6) is 0 Å². The van der Waals surface area contributed by atoms with Crippen LogP contribution in [-0.2, 0) is 0 Å². The van der Waals surface area contributed by atoms with Gasteiger partial charge in [0, 0.05) is 21.9 Å². The quantitative estimate of drug-likeness (QED) is 0.698. The molecule has 1 aromatic rings. The number of hydrogen-bond donors (Lipinski definition) is 3. The number of aromatic amines is 1. The molecule has 2 heterocycles. The van der Waals surface area contributed by atoms with Crippen molar-refractivity contribution in [1.29, 1.82) is 0 Å². The van der Waals surface area contributed by atoms with Crippen LogP contribution >= 0.6 is 35.0 Å². The minimum Gasteiger partial charge on any atom is -0.356 e. The first-order chi connectivity index (χ1) is 7.65. The molecule has 0 spiro atoms. The summed E-state index contributed by atoms with van der Waals surface area (Å²) < 4.78 is 1.06. The number of amides is 1. The molecule has 2 atom stereocenters. The summed E-state index contributed by atoms with van der Waals surface area (Å²) in [6.45, 7) is 3.13. The third-order valence-corrected chi connectivity index (χ3v) is 3.47. The number of H-pyrrole nitrogens is 1. The number of hydrogen-bond acceptors (Lipinski definition) is 2. The van der Waals surface area contributed by atoms with E-state index in [1.54, 1.807) is 0 Å². The fraction of sp³-hybridized carbons (Fsp3) is 0.545. The number of rotatable bonds is 2. The number of halogens is 2. The van der Waals surface area contributed by atoms with Crippen LogP contribution in [0, 0.1) is 3.57 Å². The van der Waals surface area contributed by atoms with E-state index < -0.39 is 0 Å². The zero-order valence-electron chi connectivity index (χ0n) is 9.63. The molecule has 0 bridgehead atoms. The van der Waals surface area contributed by atoms with Crippen molar-refractivity contribution in [3.8, 4) is 0 Å². The van der Waals surface area contributed by atoms with Crippen LogP contribution in [0.3, 0.4) is 0 Å². The third-order valence-electron chi connectivity index (χ3n) is 2.85. The summed E-state index contributed by atoms with van der Waals surface area (Å²) in [7, 11) is 0. The second kappa shape index (κ2) is 6.61. The van der Waals surface area contributed by atoms with Crippen molar-refractivity contribution in [2.24, 2.45) is 0 Å². The van der Waals surface area contributed by atoms with Crippen molar-refractivity contribution in [2.45, 2.75) is 31.8 Å². The molecule has 6 heteroatoms. The molecular formula is C11H17ClIN3O. The Balaban J connectivity index is 0.00000144. The Morgan fingerprint density at radius 2 is 2.35 bits per heavy atom. The van der Waals surface area contributed by atoms with Gasteiger partial charge in [-0.05, 0) is 55.0 Å². The molecule has 2 unspecified atom stereocenters. The molecule has 4 nitrogen and oxygen atoms in total. The highest BCUT2D eigenvalue weighted by molar-refractivity contribution is 14.1. The SMILES string of the molecule is CC1CC(NC(=O)c2cc(I)c[nH]2)CCN1.Cl. The Kier molecular flexibility index (Phi) is 5.75. The molecule has 3 N–H and O–H groups in total. The van der Waals surface area contributed by atoms with Crippen LogP contribution in [-0.4, -0.2) is 29.5 Å². The second-order valence-corrected chi connectivity index (χ2v) is 5.53. The smallest absolute Gasteiger partial charge is 0.267 e. The zero-order chi connectivity index (χ0) is 11.5. The first kappa shape index (κ1) is 14.8. The van der Waals surface area contributed by atoms with E-state index in [-0.39, 0.29) is 18.3 Å². The first-order valence-corrected chi connectivity index (χ1v) is 6.61. The van der Waals surface area contributed by atoms with Crippen LogP contribution in [0.2, 0.25) is 0 Å². The molecule has 17 heavy (non-hydrogen) atoms. The van der Waals surface area contributed by atoms with Crippen molar-refractivity contribution < 1.29 is 4.79 Å². The number of carbonyl (C=O) groups excluding carboxylic acids is 1. The van der Waals surface area contributed by atoms with Gasteiger partial charge in [0.05, 0.1) is 0 Å². The van der Waals surface area contributed by atoms with Crippen LogP contribution in [0.15, 0.2) is 12.3 Å². The maximum Gasteiger partial charge on any atom is 0.267 e. The highest BCUT2D eigenvalue weighted by atomic mass is 127. The normalized spacial score (nSPS) is 23.9. The van der Waals surface area contributed by atoms with Crippen molar-refractivity contribution in [3.63, 3.8) is 0 Å². The lowest BCUT2D eigenvalue weighted by Crippen LogP contribution is -2.46. The van der Waals surface area contributed by atoms with Gasteiger partial charge in [-0.2, -0.15) is 0 Å². The molecule has 1 amide bonds. The second-order valence-electron chi connectivity index (χ2n) is 4.28. The summed E-state index contributed by atoms with van der Waals surface area (Å²) >= 11 is 2.19. The minimum absolute atomic E-state index is 0. The highest BCUT2D eigenvalue weighted by Gasteiger charge is 2.20. The van der Waals surface area contributed by atoms with Gasteiger partial charge >= 0.3 is 0 Å². The molecule has 0 radical (unpaired) electrons. The Labute approximate surface area is 121 Å². The summed E-state index contributed by atoms with van der Waals surface area (Å²) in [5.74, 6) is 0.00187. The van der Waals surface area contributed by atoms with Crippen molar-refractivity contribution in [2.75, 3.05) is 6.54 Å². The van der Waals surface area contributed by atoms with E-state index in [9.17, 15) is 4.79 Å². The van der Waals surface area contributed by atoms with Gasteiger partial charge in [-0.25, -0.2) is 0 Å². The fourth-order valence-electron chi connectivity index (χ4n) is 2.03. The maximum atomic E-state index is 11.9. The predicted octanol–water partition coefficient (Wildman–Crippen LogP) is 1.91. The van der Waals surface area contributed by atoms with Crippen molar-refractivity contribution in [1.82, 2.24) is 15.6 Å². The standard InChI is InChI=1S/C11H16IN3O.ClH/c1-7-4-9(2-3-13-7)15-11(16)10-5-8(12)6-14-10;/h5-7,9,13-14H,2-4H2,1H3,(H,15,16);1H. The highest BCUT2D eigenvalue weighted by Crippen LogP contribution is 2.10. The van der Waals surface area contributed by atoms with E-state index >= 15 is 0 Å². The lowest BCUT2D eigenvalue weighted by atomic mass is 10.0. The van der Waals surface area contributed by atoms with E-state index in [4.69, 9.17) is 0 Å². The van der Waals surface area contributed by atoms with Gasteiger partial charge in [0.1, 0.15) is 5.69 Å². The van der Waals surface area contributed by atoms with Gasteiger partial charge in [0.15, 0.2) is 0 Å². The van der Waals surface area contributed by atoms with Gasteiger partial charge in [-0.3, -0.25) is 4.79 Å². The molecule has 2 rings (SSSR count). The summed E-state index contributed by atoms with van der Waals surface area (Å²) in [4.78, 5) is 14.8. The molecule has 1 fully saturated rings. The summed E-state index contributed by atoms with van der Waals surface area (Å²) in [6.07, 6.45) is 3.85. The Bertz CT molecular complexity index is 383. The molecular weight excluding hydrogens is 352 g/mol. The molecule has 0 aromatic carbocycles. The fourth-order valence-corrected chi connectivity index (χ4v) is 2.49. The van der Waals surface area contributed by atoms with E-state index in [0.29, 0.717) is 17.8 Å². The number of piperidine rings is 1. The largest absolute Gasteiger partial charge is 0.356 e. The topological polar surface area (TPSA) is 56.9 Å². The van der Waals surface area contributed by atoms with Crippen molar-refractivity contribution >= 4 is 40.9 Å². The van der Waals surface area contributed by atoms with Gasteiger partial charge in [-0.1, -0.05) is 0 Å². The lowest BCUT2D eigenvalue weighted by molar-refractivity contribution is 0.0921. The average Bonchev–Trinajstić information content (AvgIpc) is 2.65. The Morgan fingerprint density at radius 3 is 2.94 bits per heavy atom. The molecule has 0 aliphatic carbocycles. The maximum absolute atomic E-state index is 11.9. The number of carbonyl (C=O) groups is 1. The summed E-state index contributed by atoms with van der Waals surface area (Å²) in [6, 6.07) is 2.65. The van der Waals surface area contributed by atoms with Crippen LogP contribution in [0.4, 0.5) is 0 Å². The Hall–Kier alpha value is -0.270. The average molecular weight is 370 g/mol. The number of nitrogens with one attached hydrogen (secondary N) is 3. The molecule has 96 valence electrons. The monoisotopic (exact) mass is 369 g/mol. The van der Waals surface area contributed by atoms with Crippen LogP contribution in [0.1, 0.15) is 30.3 Å². The van der Waals surface area contributed by atoms with Gasteiger partial charge < -0.3 is 15.6 Å². The molecule has 1 aliphatic heterocycles. The van der Waals surface area contributed by atoms with Gasteiger partial charge in [0.2, 0.25) is 0 Å². The zero-order valence-corrected chi connectivity index (χ0v) is 12.6. The molecule has 0 saturated carbocycles. The van der Waals surface area contributed by atoms with Gasteiger partial charge in [0.25, 0.3) is 5.91 Å². The Morgan fingerprint density at radius 1 is 1.59 bits per heavy atom. The molecule has 1 saturated heterocycles. The van der Waals surface area contributed by atoms with Crippen molar-refractivity contribution in [3.05, 3.63) is 21.5 Å². The third kappa shape index (κ3) is 4.15. The molecule has 1 aliphatic rings. The van der Waals surface area contributed by atoms with Crippen LogP contribution < -0.4 is 10.6 Å². The lowest BCUT2D eigenvalue weighted by Gasteiger charge is -2.28.